The van der Waals surface area contributed by atoms with Crippen LogP contribution in [0, 0.1) is 0 Å². The molecule has 4 nitrogen and oxygen atoms in total. The monoisotopic (exact) mass is 270 g/mol. The summed E-state index contributed by atoms with van der Waals surface area (Å²) < 4.78 is 35.9. The zero-order valence-electron chi connectivity index (χ0n) is 10.2. The van der Waals surface area contributed by atoms with Gasteiger partial charge in [0.1, 0.15) is 0 Å². The van der Waals surface area contributed by atoms with E-state index in [1.54, 1.807) is 7.11 Å². The second-order valence-corrected chi connectivity index (χ2v) is 16.9. The van der Waals surface area contributed by atoms with Gasteiger partial charge in [-0.3, -0.25) is 4.55 Å². The second kappa shape index (κ2) is 5.09. The number of hydrogen-bond acceptors (Lipinski definition) is 3. The van der Waals surface area contributed by atoms with Gasteiger partial charge in [0, 0.05) is 7.11 Å². The molecular formula is C8H22O4SSi2. The van der Waals surface area contributed by atoms with E-state index in [9.17, 15) is 8.42 Å². The number of rotatable bonds is 6. The minimum atomic E-state index is -3.82. The highest BCUT2D eigenvalue weighted by atomic mass is 32.2. The lowest BCUT2D eigenvalue weighted by atomic mass is 10.9. The smallest absolute Gasteiger partial charge is 0.262 e. The summed E-state index contributed by atoms with van der Waals surface area (Å²) in [4.78, 5) is 0. The van der Waals surface area contributed by atoms with Gasteiger partial charge in [0.05, 0.1) is 13.5 Å². The molecule has 0 aromatic rings. The van der Waals surface area contributed by atoms with E-state index in [0.717, 1.165) is 12.1 Å². The Labute approximate surface area is 94.9 Å². The third kappa shape index (κ3) is 8.15. The summed E-state index contributed by atoms with van der Waals surface area (Å²) in [5.74, 6) is 0. The molecule has 0 saturated carbocycles. The van der Waals surface area contributed by atoms with Gasteiger partial charge in [0.25, 0.3) is 10.1 Å². The molecule has 0 aliphatic rings. The Morgan fingerprint density at radius 3 is 1.93 bits per heavy atom. The van der Waals surface area contributed by atoms with Crippen molar-refractivity contribution in [1.29, 1.82) is 0 Å². The third-order valence-corrected chi connectivity index (χ3v) is 11.8. The zero-order chi connectivity index (χ0) is 12.3. The van der Waals surface area contributed by atoms with Crippen LogP contribution < -0.4 is 0 Å². The first-order valence-corrected chi connectivity index (χ1v) is 13.1. The van der Waals surface area contributed by atoms with Crippen molar-refractivity contribution < 1.29 is 17.4 Å². The molecule has 0 spiro atoms. The van der Waals surface area contributed by atoms with Crippen LogP contribution in [0.5, 0.6) is 0 Å². The maximum atomic E-state index is 10.8. The van der Waals surface area contributed by atoms with Crippen LogP contribution in [0.3, 0.4) is 0 Å². The molecule has 0 aliphatic carbocycles. The first-order chi connectivity index (χ1) is 6.47. The Morgan fingerprint density at radius 1 is 1.13 bits per heavy atom. The quantitative estimate of drug-likeness (QED) is 0.592. The fourth-order valence-corrected chi connectivity index (χ4v) is 11.2. The largest absolute Gasteiger partial charge is 0.420 e. The van der Waals surface area contributed by atoms with Crippen molar-refractivity contribution in [3.8, 4) is 0 Å². The molecule has 92 valence electrons. The van der Waals surface area contributed by atoms with Gasteiger partial charge in [-0.1, -0.05) is 19.1 Å². The van der Waals surface area contributed by atoms with Crippen molar-refractivity contribution in [2.45, 2.75) is 38.3 Å². The molecule has 0 atom stereocenters. The van der Waals surface area contributed by atoms with Gasteiger partial charge in [0.2, 0.25) is 0 Å². The van der Waals surface area contributed by atoms with Gasteiger partial charge in [0.15, 0.2) is 8.32 Å². The van der Waals surface area contributed by atoms with E-state index in [1.807, 2.05) is 13.1 Å². The normalized spacial score (nSPS) is 14.3. The highest BCUT2D eigenvalue weighted by Gasteiger charge is 2.31. The summed E-state index contributed by atoms with van der Waals surface area (Å²) in [7, 11) is -5.56. The average Bonchev–Trinajstić information content (AvgIpc) is 1.97. The Kier molecular flexibility index (Phi) is 5.19. The van der Waals surface area contributed by atoms with Crippen LogP contribution in [0.25, 0.3) is 0 Å². The van der Waals surface area contributed by atoms with Gasteiger partial charge in [-0.2, -0.15) is 8.42 Å². The zero-order valence-corrected chi connectivity index (χ0v) is 13.0. The first-order valence-electron chi connectivity index (χ1n) is 4.98. The first kappa shape index (κ1) is 15.3. The van der Waals surface area contributed by atoms with Crippen molar-refractivity contribution in [2.75, 3.05) is 12.5 Å². The predicted molar refractivity (Wildman–Crippen MR) is 68.0 cm³/mol. The van der Waals surface area contributed by atoms with Crippen LogP contribution in [0.15, 0.2) is 0 Å². The van der Waals surface area contributed by atoms with Crippen LogP contribution in [-0.2, 0) is 14.5 Å². The molecule has 0 aromatic heterocycles. The molecule has 0 unspecified atom stereocenters. The van der Waals surface area contributed by atoms with E-state index in [-0.39, 0.29) is 5.38 Å². The molecular weight excluding hydrogens is 248 g/mol. The molecule has 15 heavy (non-hydrogen) atoms. The van der Waals surface area contributed by atoms with Crippen molar-refractivity contribution in [1.82, 2.24) is 0 Å². The molecule has 0 aliphatic heterocycles. The van der Waals surface area contributed by atoms with Crippen molar-refractivity contribution >= 4 is 26.5 Å². The lowest BCUT2D eigenvalue weighted by Gasteiger charge is -2.26. The third-order valence-electron chi connectivity index (χ3n) is 2.53. The molecule has 0 fully saturated rings. The molecule has 7 heteroatoms. The topological polar surface area (TPSA) is 63.6 Å². The van der Waals surface area contributed by atoms with E-state index in [4.69, 9.17) is 8.98 Å². The van der Waals surface area contributed by atoms with Crippen molar-refractivity contribution in [2.24, 2.45) is 0 Å². The van der Waals surface area contributed by atoms with Gasteiger partial charge < -0.3 is 4.43 Å². The van der Waals surface area contributed by atoms with Crippen LogP contribution >= 0.6 is 0 Å². The SMILES string of the molecule is CO[Si](C)(C)CC[Si](C)(C)CS(=O)(=O)O. The van der Waals surface area contributed by atoms with E-state index < -0.39 is 26.5 Å². The maximum Gasteiger partial charge on any atom is 0.262 e. The van der Waals surface area contributed by atoms with E-state index in [1.165, 1.54) is 0 Å². The molecule has 1 N–H and O–H groups in total. The summed E-state index contributed by atoms with van der Waals surface area (Å²) in [6, 6.07) is 1.85. The summed E-state index contributed by atoms with van der Waals surface area (Å²) in [6.45, 7) is 8.21. The minimum Gasteiger partial charge on any atom is -0.420 e. The molecule has 0 amide bonds. The summed E-state index contributed by atoms with van der Waals surface area (Å²) >= 11 is 0. The molecule has 0 saturated heterocycles. The standard InChI is InChI=1S/C8H22O4SSi2/c1-12-15(4,5)7-6-14(2,3)8-13(9,10)11/h6-8H2,1-5H3,(H,9,10,11). The van der Waals surface area contributed by atoms with Crippen molar-refractivity contribution in [3.63, 3.8) is 0 Å². The van der Waals surface area contributed by atoms with Crippen LogP contribution in [-0.4, -0.2) is 41.8 Å². The Bertz CT molecular complexity index is 298. The molecule has 0 rings (SSSR count). The summed E-state index contributed by atoms with van der Waals surface area (Å²) in [6.07, 6.45) is 0. The highest BCUT2D eigenvalue weighted by Crippen LogP contribution is 2.21. The fraction of sp³-hybridized carbons (Fsp3) is 1.00. The molecule has 0 radical (unpaired) electrons. The lowest BCUT2D eigenvalue weighted by Crippen LogP contribution is -2.39. The maximum absolute atomic E-state index is 10.8. The molecule has 0 bridgehead atoms. The average molecular weight is 270 g/mol. The number of hydrogen-bond donors (Lipinski definition) is 1. The highest BCUT2D eigenvalue weighted by molar-refractivity contribution is 7.87. The van der Waals surface area contributed by atoms with Crippen LogP contribution in [0.4, 0.5) is 0 Å². The predicted octanol–water partition coefficient (Wildman–Crippen LogP) is 1.97. The second-order valence-electron chi connectivity index (χ2n) is 5.35. The van der Waals surface area contributed by atoms with Gasteiger partial charge in [-0.25, -0.2) is 0 Å². The lowest BCUT2D eigenvalue weighted by molar-refractivity contribution is 0.405. The molecule has 0 aromatic carbocycles. The van der Waals surface area contributed by atoms with E-state index >= 15 is 0 Å². The van der Waals surface area contributed by atoms with E-state index in [0.29, 0.717) is 0 Å². The van der Waals surface area contributed by atoms with Crippen molar-refractivity contribution in [3.05, 3.63) is 0 Å². The van der Waals surface area contributed by atoms with Gasteiger partial charge in [-0.15, -0.1) is 0 Å². The Balaban J connectivity index is 4.28. The Hall–Kier alpha value is 0.304. The van der Waals surface area contributed by atoms with Crippen LogP contribution in [0.1, 0.15) is 0 Å². The van der Waals surface area contributed by atoms with E-state index in [2.05, 4.69) is 13.1 Å². The van der Waals surface area contributed by atoms with Gasteiger partial charge in [-0.05, 0) is 19.1 Å². The minimum absolute atomic E-state index is 0.0474. The summed E-state index contributed by atoms with van der Waals surface area (Å²) in [5.41, 5.74) is 0. The molecule has 0 heterocycles. The fourth-order valence-electron chi connectivity index (χ4n) is 1.31. The Morgan fingerprint density at radius 2 is 1.60 bits per heavy atom. The van der Waals surface area contributed by atoms with Crippen LogP contribution in [0.2, 0.25) is 38.3 Å². The van der Waals surface area contributed by atoms with Gasteiger partial charge >= 0.3 is 0 Å². The summed E-state index contributed by atoms with van der Waals surface area (Å²) in [5, 5.41) is -0.0474.